The molecule has 26 heavy (non-hydrogen) atoms. The molecule has 0 bridgehead atoms. The summed E-state index contributed by atoms with van der Waals surface area (Å²) in [7, 11) is -3.31. The molecule has 1 aliphatic rings. The van der Waals surface area contributed by atoms with E-state index in [4.69, 9.17) is 4.52 Å². The van der Waals surface area contributed by atoms with Crippen LogP contribution in [0.1, 0.15) is 25.0 Å². The topological polar surface area (TPSA) is 95.7 Å². The molecule has 2 aromatic rings. The van der Waals surface area contributed by atoms with Gasteiger partial charge in [-0.2, -0.15) is 0 Å². The second kappa shape index (κ2) is 7.87. The van der Waals surface area contributed by atoms with Gasteiger partial charge in [0.15, 0.2) is 5.76 Å². The van der Waals surface area contributed by atoms with Gasteiger partial charge in [0, 0.05) is 24.7 Å². The molecule has 0 spiro atoms. The lowest BCUT2D eigenvalue weighted by atomic mass is 9.95. The number of nitrogens with one attached hydrogen (secondary N) is 1. The molecular formula is C18H25N3O4S. The number of hydrogen-bond acceptors (Lipinski definition) is 6. The molecule has 7 nitrogen and oxygen atoms in total. The standard InChI is InChI=1S/C18H25N3O4S/c1-26(23,24)19-14-18(22)8-5-10-21(11-9-18)13-16-12-17(20-25-16)15-6-3-2-4-7-15/h2-4,6-7,12,19,22H,5,8-11,13-14H2,1H3. The largest absolute Gasteiger partial charge is 0.388 e. The molecule has 1 aliphatic heterocycles. The van der Waals surface area contributed by atoms with Crippen molar-refractivity contribution in [3.63, 3.8) is 0 Å². The van der Waals surface area contributed by atoms with Gasteiger partial charge in [-0.25, -0.2) is 13.1 Å². The molecule has 2 N–H and O–H groups in total. The molecule has 1 fully saturated rings. The van der Waals surface area contributed by atoms with Crippen LogP contribution in [-0.2, 0) is 16.6 Å². The van der Waals surface area contributed by atoms with Crippen molar-refractivity contribution < 1.29 is 18.0 Å². The predicted octanol–water partition coefficient (Wildman–Crippen LogP) is 1.61. The van der Waals surface area contributed by atoms with Crippen molar-refractivity contribution in [2.75, 3.05) is 25.9 Å². The van der Waals surface area contributed by atoms with E-state index in [0.29, 0.717) is 25.9 Å². The van der Waals surface area contributed by atoms with E-state index in [9.17, 15) is 13.5 Å². The summed E-state index contributed by atoms with van der Waals surface area (Å²) < 4.78 is 30.4. The van der Waals surface area contributed by atoms with E-state index in [-0.39, 0.29) is 6.54 Å². The fourth-order valence-electron chi connectivity index (χ4n) is 3.19. The first-order valence-corrected chi connectivity index (χ1v) is 10.6. The summed E-state index contributed by atoms with van der Waals surface area (Å²) in [5, 5.41) is 14.8. The first kappa shape index (κ1) is 19.0. The molecule has 8 heteroatoms. The Morgan fingerprint density at radius 1 is 1.27 bits per heavy atom. The van der Waals surface area contributed by atoms with E-state index in [1.54, 1.807) is 0 Å². The zero-order valence-corrected chi connectivity index (χ0v) is 15.7. The Hall–Kier alpha value is -1.74. The number of sulfonamides is 1. The summed E-state index contributed by atoms with van der Waals surface area (Å²) in [5.74, 6) is 0.781. The fraction of sp³-hybridized carbons (Fsp3) is 0.500. The van der Waals surface area contributed by atoms with Gasteiger partial charge >= 0.3 is 0 Å². The molecule has 142 valence electrons. The Labute approximate surface area is 154 Å². The van der Waals surface area contributed by atoms with Crippen LogP contribution in [0.5, 0.6) is 0 Å². The summed E-state index contributed by atoms with van der Waals surface area (Å²) in [6, 6.07) is 11.8. The van der Waals surface area contributed by atoms with Crippen molar-refractivity contribution in [2.45, 2.75) is 31.4 Å². The Morgan fingerprint density at radius 3 is 2.77 bits per heavy atom. The van der Waals surface area contributed by atoms with E-state index in [0.717, 1.165) is 36.2 Å². The van der Waals surface area contributed by atoms with Crippen LogP contribution in [0.15, 0.2) is 40.9 Å². The molecular weight excluding hydrogens is 354 g/mol. The highest BCUT2D eigenvalue weighted by Crippen LogP contribution is 2.24. The van der Waals surface area contributed by atoms with Crippen molar-refractivity contribution in [3.8, 4) is 11.3 Å². The van der Waals surface area contributed by atoms with Gasteiger partial charge in [-0.05, 0) is 25.8 Å². The van der Waals surface area contributed by atoms with Crippen LogP contribution in [0, 0.1) is 0 Å². The zero-order chi connectivity index (χ0) is 18.6. The van der Waals surface area contributed by atoms with E-state index in [1.165, 1.54) is 0 Å². The van der Waals surface area contributed by atoms with Crippen LogP contribution in [0.2, 0.25) is 0 Å². The van der Waals surface area contributed by atoms with Crippen LogP contribution < -0.4 is 4.72 Å². The summed E-state index contributed by atoms with van der Waals surface area (Å²) in [6.07, 6.45) is 2.97. The second-order valence-corrected chi connectivity index (χ2v) is 8.82. The number of nitrogens with zero attached hydrogens (tertiary/aromatic N) is 2. The molecule has 0 saturated carbocycles. The molecule has 0 aliphatic carbocycles. The lowest BCUT2D eigenvalue weighted by Gasteiger charge is -2.26. The minimum Gasteiger partial charge on any atom is -0.388 e. The molecule has 1 aromatic heterocycles. The minimum absolute atomic E-state index is 0.0557. The summed E-state index contributed by atoms with van der Waals surface area (Å²) in [4.78, 5) is 2.20. The summed E-state index contributed by atoms with van der Waals surface area (Å²) >= 11 is 0. The molecule has 0 radical (unpaired) electrons. The SMILES string of the molecule is CS(=O)(=O)NCC1(O)CCCN(Cc2cc(-c3ccccc3)no2)CC1. The van der Waals surface area contributed by atoms with Gasteiger partial charge in [0.1, 0.15) is 5.69 Å². The van der Waals surface area contributed by atoms with Gasteiger partial charge in [0.2, 0.25) is 10.0 Å². The Balaban J connectivity index is 1.57. The lowest BCUT2D eigenvalue weighted by molar-refractivity contribution is 0.0303. The second-order valence-electron chi connectivity index (χ2n) is 6.99. The fourth-order valence-corrected chi connectivity index (χ4v) is 3.72. The van der Waals surface area contributed by atoms with Crippen LogP contribution in [0.3, 0.4) is 0 Å². The third-order valence-corrected chi connectivity index (χ3v) is 5.35. The van der Waals surface area contributed by atoms with Gasteiger partial charge in [0.25, 0.3) is 0 Å². The molecule has 2 heterocycles. The van der Waals surface area contributed by atoms with Crippen LogP contribution in [0.4, 0.5) is 0 Å². The number of aromatic nitrogens is 1. The van der Waals surface area contributed by atoms with E-state index >= 15 is 0 Å². The van der Waals surface area contributed by atoms with Crippen molar-refractivity contribution in [2.24, 2.45) is 0 Å². The third-order valence-electron chi connectivity index (χ3n) is 4.68. The van der Waals surface area contributed by atoms with E-state index in [2.05, 4.69) is 14.8 Å². The molecule has 1 atom stereocenters. The Bertz CT molecular complexity index is 822. The molecule has 1 saturated heterocycles. The maximum atomic E-state index is 11.3. The summed E-state index contributed by atoms with van der Waals surface area (Å²) in [5.41, 5.74) is 0.818. The van der Waals surface area contributed by atoms with Crippen molar-refractivity contribution in [1.29, 1.82) is 0 Å². The normalized spacial score (nSPS) is 22.2. The van der Waals surface area contributed by atoms with Crippen LogP contribution >= 0.6 is 0 Å². The lowest BCUT2D eigenvalue weighted by Crippen LogP contribution is -2.43. The number of benzene rings is 1. The van der Waals surface area contributed by atoms with Gasteiger partial charge in [0.05, 0.1) is 18.4 Å². The minimum atomic E-state index is -3.31. The van der Waals surface area contributed by atoms with Crippen LogP contribution in [0.25, 0.3) is 11.3 Å². The zero-order valence-electron chi connectivity index (χ0n) is 14.9. The van der Waals surface area contributed by atoms with Gasteiger partial charge < -0.3 is 9.63 Å². The maximum Gasteiger partial charge on any atom is 0.208 e. The Kier molecular flexibility index (Phi) is 5.76. The van der Waals surface area contributed by atoms with Gasteiger partial charge in [-0.1, -0.05) is 35.5 Å². The predicted molar refractivity (Wildman–Crippen MR) is 98.9 cm³/mol. The highest BCUT2D eigenvalue weighted by Gasteiger charge is 2.31. The van der Waals surface area contributed by atoms with Crippen molar-refractivity contribution in [1.82, 2.24) is 14.8 Å². The first-order valence-electron chi connectivity index (χ1n) is 8.73. The quantitative estimate of drug-likeness (QED) is 0.792. The molecule has 1 aromatic carbocycles. The molecule has 1 unspecified atom stereocenters. The highest BCUT2D eigenvalue weighted by molar-refractivity contribution is 7.88. The highest BCUT2D eigenvalue weighted by atomic mass is 32.2. The first-order chi connectivity index (χ1) is 12.3. The van der Waals surface area contributed by atoms with Crippen molar-refractivity contribution >= 4 is 10.0 Å². The number of likely N-dealkylation sites (tertiary alicyclic amines) is 1. The van der Waals surface area contributed by atoms with Gasteiger partial charge in [-0.15, -0.1) is 0 Å². The van der Waals surface area contributed by atoms with E-state index in [1.807, 2.05) is 36.4 Å². The van der Waals surface area contributed by atoms with Crippen molar-refractivity contribution in [3.05, 3.63) is 42.2 Å². The monoisotopic (exact) mass is 379 g/mol. The van der Waals surface area contributed by atoms with Gasteiger partial charge in [-0.3, -0.25) is 4.90 Å². The molecule has 0 amide bonds. The average Bonchev–Trinajstić information content (AvgIpc) is 2.99. The third kappa shape index (κ3) is 5.38. The number of rotatable bonds is 6. The average molecular weight is 379 g/mol. The maximum absolute atomic E-state index is 11.3. The smallest absolute Gasteiger partial charge is 0.208 e. The van der Waals surface area contributed by atoms with E-state index < -0.39 is 15.6 Å². The Morgan fingerprint density at radius 2 is 2.04 bits per heavy atom. The molecule has 3 rings (SSSR count). The number of aliphatic hydroxyl groups is 1. The summed E-state index contributed by atoms with van der Waals surface area (Å²) in [6.45, 7) is 2.17. The number of hydrogen-bond donors (Lipinski definition) is 2. The van der Waals surface area contributed by atoms with Crippen LogP contribution in [-0.4, -0.2) is 55.1 Å².